The number of hydrogen-bond donors (Lipinski definition) is 0. The highest BCUT2D eigenvalue weighted by Gasteiger charge is 1.92. The van der Waals surface area contributed by atoms with Crippen LogP contribution in [0.25, 0.3) is 0 Å². The van der Waals surface area contributed by atoms with Gasteiger partial charge in [0.2, 0.25) is 0 Å². The van der Waals surface area contributed by atoms with Crippen LogP contribution in [0, 0.1) is 5.92 Å². The van der Waals surface area contributed by atoms with E-state index in [1.807, 2.05) is 13.0 Å². The van der Waals surface area contributed by atoms with Crippen molar-refractivity contribution in [3.05, 3.63) is 12.7 Å². The largest absolute Gasteiger partial charge is 0.379 e. The molecule has 0 fully saturated rings. The van der Waals surface area contributed by atoms with Crippen LogP contribution in [0.2, 0.25) is 0 Å². The number of rotatable bonds is 4. The molecular weight excluding hydrogens is 116 g/mol. The van der Waals surface area contributed by atoms with Gasteiger partial charge in [-0.1, -0.05) is 13.0 Å². The van der Waals surface area contributed by atoms with Crippen LogP contribution in [-0.2, 0) is 4.84 Å². The van der Waals surface area contributed by atoms with Gasteiger partial charge in [0.1, 0.15) is 6.61 Å². The maximum atomic E-state index is 4.72. The summed E-state index contributed by atoms with van der Waals surface area (Å²) >= 11 is 0. The maximum Gasteiger partial charge on any atom is 0.124 e. The normalized spacial score (nSPS) is 13.6. The van der Waals surface area contributed by atoms with E-state index < -0.39 is 0 Å². The molecule has 3 nitrogen and oxygen atoms in total. The van der Waals surface area contributed by atoms with Gasteiger partial charge in [-0.05, 0) is 0 Å². The van der Waals surface area contributed by atoms with Gasteiger partial charge in [0.25, 0.3) is 0 Å². The van der Waals surface area contributed by atoms with Crippen LogP contribution < -0.4 is 0 Å². The van der Waals surface area contributed by atoms with Crippen molar-refractivity contribution in [2.24, 2.45) is 16.3 Å². The van der Waals surface area contributed by atoms with Crippen LogP contribution in [0.3, 0.4) is 0 Å². The van der Waals surface area contributed by atoms with Crippen LogP contribution in [0.1, 0.15) is 6.92 Å². The monoisotopic (exact) mass is 128 g/mol. The first-order chi connectivity index (χ1) is 4.31. The van der Waals surface area contributed by atoms with Gasteiger partial charge in [-0.2, -0.15) is 5.11 Å². The average molecular weight is 128 g/mol. The van der Waals surface area contributed by atoms with Gasteiger partial charge in [0, 0.05) is 11.2 Å². The lowest BCUT2D eigenvalue weighted by atomic mass is 10.2. The Hall–Kier alpha value is -0.860. The number of nitrogens with zero attached hydrogens (tertiary/aromatic N) is 2. The molecule has 0 bridgehead atoms. The molecule has 0 rings (SSSR count). The minimum atomic E-state index is 0.343. The van der Waals surface area contributed by atoms with E-state index in [2.05, 4.69) is 17.0 Å². The van der Waals surface area contributed by atoms with E-state index in [4.69, 9.17) is 4.84 Å². The van der Waals surface area contributed by atoms with Crippen LogP contribution >= 0.6 is 0 Å². The van der Waals surface area contributed by atoms with Gasteiger partial charge >= 0.3 is 0 Å². The minimum absolute atomic E-state index is 0.343. The first-order valence-corrected chi connectivity index (χ1v) is 2.85. The van der Waals surface area contributed by atoms with Crippen LogP contribution in [0.4, 0.5) is 0 Å². The van der Waals surface area contributed by atoms with Crippen LogP contribution in [-0.4, -0.2) is 13.7 Å². The Morgan fingerprint density at radius 1 is 1.78 bits per heavy atom. The van der Waals surface area contributed by atoms with E-state index in [0.29, 0.717) is 12.5 Å². The minimum Gasteiger partial charge on any atom is -0.379 e. The van der Waals surface area contributed by atoms with Gasteiger partial charge in [-0.25, -0.2) is 0 Å². The van der Waals surface area contributed by atoms with Gasteiger partial charge in [-0.3, -0.25) is 0 Å². The summed E-state index contributed by atoms with van der Waals surface area (Å²) in [6.07, 6.45) is 1.81. The molecule has 9 heavy (non-hydrogen) atoms. The van der Waals surface area contributed by atoms with E-state index in [1.165, 1.54) is 0 Å². The predicted octanol–water partition coefficient (Wildman–Crippen LogP) is 1.82. The third-order valence-electron chi connectivity index (χ3n) is 0.879. The fourth-order valence-electron chi connectivity index (χ4n) is 0.277. The topological polar surface area (TPSA) is 34.0 Å². The van der Waals surface area contributed by atoms with Gasteiger partial charge in [-0.15, -0.1) is 6.58 Å². The summed E-state index contributed by atoms with van der Waals surface area (Å²) in [4.78, 5) is 4.72. The molecule has 0 heterocycles. The van der Waals surface area contributed by atoms with E-state index in [9.17, 15) is 0 Å². The lowest BCUT2D eigenvalue weighted by molar-refractivity contribution is 0.107. The Bertz CT molecular complexity index is 101. The Labute approximate surface area is 55.4 Å². The highest BCUT2D eigenvalue weighted by atomic mass is 16.6. The molecule has 0 aliphatic carbocycles. The lowest BCUT2D eigenvalue weighted by Gasteiger charge is -2.00. The van der Waals surface area contributed by atoms with Gasteiger partial charge in [0.05, 0.1) is 7.05 Å². The molecule has 0 aliphatic heterocycles. The Kier molecular flexibility index (Phi) is 4.78. The quantitative estimate of drug-likeness (QED) is 0.323. The summed E-state index contributed by atoms with van der Waals surface area (Å²) in [6.45, 7) is 6.14. The van der Waals surface area contributed by atoms with Crippen molar-refractivity contribution in [3.63, 3.8) is 0 Å². The third kappa shape index (κ3) is 5.00. The van der Waals surface area contributed by atoms with Crippen molar-refractivity contribution >= 4 is 0 Å². The first kappa shape index (κ1) is 8.14. The van der Waals surface area contributed by atoms with E-state index in [-0.39, 0.29) is 0 Å². The molecule has 1 unspecified atom stereocenters. The molecule has 1 atom stereocenters. The summed E-state index contributed by atoms with van der Waals surface area (Å²) in [5, 5.41) is 6.75. The molecule has 0 spiro atoms. The molecular formula is C6H12N2O. The molecule has 0 aliphatic rings. The van der Waals surface area contributed by atoms with Crippen molar-refractivity contribution in [2.75, 3.05) is 13.7 Å². The molecule has 52 valence electrons. The molecule has 0 aromatic rings. The van der Waals surface area contributed by atoms with Crippen molar-refractivity contribution < 1.29 is 4.84 Å². The van der Waals surface area contributed by atoms with Gasteiger partial charge in [0.15, 0.2) is 0 Å². The molecule has 0 amide bonds. The second kappa shape index (κ2) is 5.28. The molecule has 0 radical (unpaired) electrons. The second-order valence-electron chi connectivity index (χ2n) is 1.79. The zero-order valence-corrected chi connectivity index (χ0v) is 5.87. The third-order valence-corrected chi connectivity index (χ3v) is 0.879. The molecule has 3 heteroatoms. The molecule has 0 aromatic heterocycles. The molecule has 0 N–H and O–H groups in total. The standard InChI is InChI=1S/C6H12N2O/c1-4-6(2)5-9-8-7-3/h4,6H,1,5H2,2-3H3. The molecule has 0 saturated heterocycles. The fraction of sp³-hybridized carbons (Fsp3) is 0.667. The van der Waals surface area contributed by atoms with Crippen molar-refractivity contribution in [1.82, 2.24) is 0 Å². The summed E-state index contributed by atoms with van der Waals surface area (Å²) in [6, 6.07) is 0. The highest BCUT2D eigenvalue weighted by Crippen LogP contribution is 1.95. The van der Waals surface area contributed by atoms with Crippen molar-refractivity contribution in [2.45, 2.75) is 6.92 Å². The highest BCUT2D eigenvalue weighted by molar-refractivity contribution is 4.73. The zero-order chi connectivity index (χ0) is 7.11. The molecule has 0 aromatic carbocycles. The average Bonchev–Trinajstić information content (AvgIpc) is 1.89. The van der Waals surface area contributed by atoms with E-state index in [0.717, 1.165) is 0 Å². The molecule has 0 saturated carbocycles. The van der Waals surface area contributed by atoms with Crippen LogP contribution in [0.15, 0.2) is 23.0 Å². The van der Waals surface area contributed by atoms with E-state index >= 15 is 0 Å². The maximum absolute atomic E-state index is 4.72. The van der Waals surface area contributed by atoms with E-state index in [1.54, 1.807) is 7.05 Å². The Morgan fingerprint density at radius 3 is 2.89 bits per heavy atom. The van der Waals surface area contributed by atoms with Crippen LogP contribution in [0.5, 0.6) is 0 Å². The summed E-state index contributed by atoms with van der Waals surface area (Å²) in [5.41, 5.74) is 0. The van der Waals surface area contributed by atoms with Crippen molar-refractivity contribution in [1.29, 1.82) is 0 Å². The fourth-order valence-corrected chi connectivity index (χ4v) is 0.277. The lowest BCUT2D eigenvalue weighted by Crippen LogP contribution is -1.97. The Morgan fingerprint density at radius 2 is 2.44 bits per heavy atom. The summed E-state index contributed by atoms with van der Waals surface area (Å²) in [7, 11) is 1.57. The van der Waals surface area contributed by atoms with Crippen molar-refractivity contribution in [3.8, 4) is 0 Å². The van der Waals surface area contributed by atoms with Gasteiger partial charge < -0.3 is 4.84 Å². The Balaban J connectivity index is 3.16. The smallest absolute Gasteiger partial charge is 0.124 e. The second-order valence-corrected chi connectivity index (χ2v) is 1.79. The number of hydrogen-bond acceptors (Lipinski definition) is 3. The predicted molar refractivity (Wildman–Crippen MR) is 36.1 cm³/mol. The summed E-state index contributed by atoms with van der Waals surface area (Å²) in [5.74, 6) is 0.343. The zero-order valence-electron chi connectivity index (χ0n) is 5.87. The SMILES string of the molecule is C=CC(C)CON=NC. The summed E-state index contributed by atoms with van der Waals surface area (Å²) < 4.78 is 0. The first-order valence-electron chi connectivity index (χ1n) is 2.85.